The molecule has 0 nitrogen and oxygen atoms in total. The lowest BCUT2D eigenvalue weighted by Gasteiger charge is -2.29. The van der Waals surface area contributed by atoms with E-state index in [-0.39, 0.29) is 0 Å². The minimum Gasteiger partial charge on any atom is -0.200 e. The van der Waals surface area contributed by atoms with Gasteiger partial charge in [0.15, 0.2) is 0 Å². The average molecular weight is 369 g/mol. The first kappa shape index (κ1) is 18.9. The second-order valence-electron chi connectivity index (χ2n) is 3.95. The molecule has 19 heavy (non-hydrogen) atoms. The molecule has 0 aliphatic rings. The predicted octanol–water partition coefficient (Wildman–Crippen LogP) is 5.76. The van der Waals surface area contributed by atoms with Crippen LogP contribution in [0.25, 0.3) is 0 Å². The van der Waals surface area contributed by atoms with E-state index in [0.29, 0.717) is 0 Å². The summed E-state index contributed by atoms with van der Waals surface area (Å²) in [5, 5.41) is 0. The van der Waals surface area contributed by atoms with Crippen LogP contribution < -0.4 is 0 Å². The average Bonchev–Trinajstić information content (AvgIpc) is 2.12. The van der Waals surface area contributed by atoms with E-state index in [1.165, 1.54) is 15.9 Å². The molecule has 10 heteroatoms. The van der Waals surface area contributed by atoms with Crippen LogP contribution in [0.3, 0.4) is 0 Å². The van der Waals surface area contributed by atoms with Gasteiger partial charge in [0, 0.05) is 12.8 Å². The zero-order valence-corrected chi connectivity index (χ0v) is 10.9. The van der Waals surface area contributed by atoms with Crippen molar-refractivity contribution in [2.24, 2.45) is 0 Å². The van der Waals surface area contributed by atoms with Crippen molar-refractivity contribution in [2.75, 3.05) is 0 Å². The number of rotatable bonds is 7. The van der Waals surface area contributed by atoms with E-state index in [2.05, 4.69) is 0 Å². The highest BCUT2D eigenvalue weighted by molar-refractivity contribution is 9.10. The van der Waals surface area contributed by atoms with Crippen LogP contribution in [-0.4, -0.2) is 22.9 Å². The molecular formula is C9H10BrF9. The summed E-state index contributed by atoms with van der Waals surface area (Å²) in [6, 6.07) is 0. The SMILES string of the molecule is FC(F)(F)CCCCCC(F)(F)C(F)(F)C(F)(F)Br. The number of hydrogen-bond donors (Lipinski definition) is 0. The maximum Gasteiger partial charge on any atom is 0.389 e. The number of alkyl halides is 10. The lowest BCUT2D eigenvalue weighted by atomic mass is 10.0. The Balaban J connectivity index is 4.26. The molecule has 0 fully saturated rings. The summed E-state index contributed by atoms with van der Waals surface area (Å²) in [6.45, 7) is 0. The minimum atomic E-state index is -5.61. The summed E-state index contributed by atoms with van der Waals surface area (Å²) in [5.41, 5.74) is 0. The van der Waals surface area contributed by atoms with Gasteiger partial charge in [0.1, 0.15) is 0 Å². The normalized spacial score (nSPS) is 14.8. The van der Waals surface area contributed by atoms with Crippen molar-refractivity contribution in [3.8, 4) is 0 Å². The molecule has 0 aliphatic heterocycles. The Labute approximate surface area is 111 Å². The van der Waals surface area contributed by atoms with Gasteiger partial charge in [-0.2, -0.15) is 39.5 Å². The number of hydrogen-bond acceptors (Lipinski definition) is 0. The lowest BCUT2D eigenvalue weighted by molar-refractivity contribution is -0.276. The maximum atomic E-state index is 12.9. The van der Waals surface area contributed by atoms with Crippen molar-refractivity contribution in [3.63, 3.8) is 0 Å². The van der Waals surface area contributed by atoms with Gasteiger partial charge in [-0.15, -0.1) is 0 Å². The molecule has 0 aromatic rings. The van der Waals surface area contributed by atoms with Crippen LogP contribution in [0, 0.1) is 0 Å². The Hall–Kier alpha value is -0.150. The Morgan fingerprint density at radius 3 is 1.42 bits per heavy atom. The van der Waals surface area contributed by atoms with Gasteiger partial charge in [0.25, 0.3) is 0 Å². The molecule has 0 spiro atoms. The van der Waals surface area contributed by atoms with E-state index in [4.69, 9.17) is 0 Å². The van der Waals surface area contributed by atoms with Crippen molar-refractivity contribution in [1.82, 2.24) is 0 Å². The molecule has 0 rings (SSSR count). The van der Waals surface area contributed by atoms with E-state index in [1.54, 1.807) is 0 Å². The molecule has 0 aromatic heterocycles. The zero-order valence-electron chi connectivity index (χ0n) is 9.32. The fraction of sp³-hybridized carbons (Fsp3) is 1.00. The lowest BCUT2D eigenvalue weighted by Crippen LogP contribution is -2.51. The Morgan fingerprint density at radius 1 is 0.632 bits per heavy atom. The fourth-order valence-corrected chi connectivity index (χ4v) is 1.50. The number of halogens is 10. The highest BCUT2D eigenvalue weighted by Crippen LogP contribution is 2.50. The summed E-state index contributed by atoms with van der Waals surface area (Å²) >= 11 is 1.17. The Bertz CT molecular complexity index is 278. The number of unbranched alkanes of at least 4 members (excludes halogenated alkanes) is 2. The van der Waals surface area contributed by atoms with Crippen molar-refractivity contribution < 1.29 is 39.5 Å². The largest absolute Gasteiger partial charge is 0.389 e. The van der Waals surface area contributed by atoms with Crippen molar-refractivity contribution >= 4 is 15.9 Å². The highest BCUT2D eigenvalue weighted by Gasteiger charge is 2.69. The standard InChI is InChI=1S/C9H10BrF9/c10-9(18,19)8(16,17)6(11,12)4-2-1-3-5-7(13,14)15/h1-5H2. The second kappa shape index (κ2) is 6.09. The summed E-state index contributed by atoms with van der Waals surface area (Å²) in [7, 11) is 0. The molecule has 0 radical (unpaired) electrons. The second-order valence-corrected chi connectivity index (χ2v) is 4.95. The van der Waals surface area contributed by atoms with Crippen LogP contribution in [0.2, 0.25) is 0 Å². The summed E-state index contributed by atoms with van der Waals surface area (Å²) in [5.74, 6) is -10.6. The van der Waals surface area contributed by atoms with E-state index in [9.17, 15) is 39.5 Å². The first-order chi connectivity index (χ1) is 8.21. The van der Waals surface area contributed by atoms with Gasteiger partial charge in [-0.1, -0.05) is 6.42 Å². The maximum absolute atomic E-state index is 12.9. The van der Waals surface area contributed by atoms with Gasteiger partial charge in [-0.05, 0) is 28.8 Å². The van der Waals surface area contributed by atoms with Gasteiger partial charge in [-0.25, -0.2) is 0 Å². The van der Waals surface area contributed by atoms with Crippen molar-refractivity contribution in [2.45, 2.75) is 55.0 Å². The summed E-state index contributed by atoms with van der Waals surface area (Å²) in [4.78, 5) is -5.09. The topological polar surface area (TPSA) is 0 Å². The molecule has 0 atom stereocenters. The third-order valence-electron chi connectivity index (χ3n) is 2.27. The third kappa shape index (κ3) is 5.78. The smallest absolute Gasteiger partial charge is 0.200 e. The summed E-state index contributed by atoms with van der Waals surface area (Å²) in [6.07, 6.45) is -8.94. The summed E-state index contributed by atoms with van der Waals surface area (Å²) < 4.78 is 111. The van der Waals surface area contributed by atoms with Gasteiger partial charge in [0.05, 0.1) is 0 Å². The first-order valence-electron chi connectivity index (χ1n) is 5.10. The van der Waals surface area contributed by atoms with E-state index >= 15 is 0 Å². The van der Waals surface area contributed by atoms with E-state index in [1.807, 2.05) is 0 Å². The molecule has 0 aromatic carbocycles. The zero-order chi connectivity index (χ0) is 15.5. The highest BCUT2D eigenvalue weighted by atomic mass is 79.9. The van der Waals surface area contributed by atoms with Crippen LogP contribution in [0.15, 0.2) is 0 Å². The van der Waals surface area contributed by atoms with Gasteiger partial charge < -0.3 is 0 Å². The molecule has 0 unspecified atom stereocenters. The molecule has 0 aliphatic carbocycles. The fourth-order valence-electron chi connectivity index (χ4n) is 1.21. The van der Waals surface area contributed by atoms with Crippen LogP contribution in [0.1, 0.15) is 32.1 Å². The van der Waals surface area contributed by atoms with Crippen molar-refractivity contribution in [1.29, 1.82) is 0 Å². The molecule has 0 N–H and O–H groups in total. The minimum absolute atomic E-state index is 0.404. The van der Waals surface area contributed by atoms with E-state index < -0.39 is 55.0 Å². The molecule has 0 heterocycles. The molecular weight excluding hydrogens is 359 g/mol. The van der Waals surface area contributed by atoms with Gasteiger partial charge in [0.2, 0.25) is 0 Å². The van der Waals surface area contributed by atoms with E-state index in [0.717, 1.165) is 0 Å². The predicted molar refractivity (Wildman–Crippen MR) is 52.9 cm³/mol. The molecule has 0 bridgehead atoms. The van der Waals surface area contributed by atoms with Gasteiger partial charge >= 0.3 is 22.9 Å². The Morgan fingerprint density at radius 2 is 1.05 bits per heavy atom. The molecule has 0 amide bonds. The third-order valence-corrected chi connectivity index (χ3v) is 2.76. The molecule has 0 saturated carbocycles. The Kier molecular flexibility index (Phi) is 6.04. The van der Waals surface area contributed by atoms with Gasteiger partial charge in [-0.3, -0.25) is 0 Å². The first-order valence-corrected chi connectivity index (χ1v) is 5.89. The van der Waals surface area contributed by atoms with Crippen LogP contribution in [0.5, 0.6) is 0 Å². The quantitative estimate of drug-likeness (QED) is 0.304. The van der Waals surface area contributed by atoms with Crippen molar-refractivity contribution in [3.05, 3.63) is 0 Å². The molecule has 0 saturated heterocycles. The van der Waals surface area contributed by atoms with Crippen LogP contribution in [-0.2, 0) is 0 Å². The van der Waals surface area contributed by atoms with Crippen LogP contribution >= 0.6 is 15.9 Å². The van der Waals surface area contributed by atoms with Crippen LogP contribution in [0.4, 0.5) is 39.5 Å². The molecule has 116 valence electrons. The monoisotopic (exact) mass is 368 g/mol.